The highest BCUT2D eigenvalue weighted by Gasteiger charge is 2.45. The normalized spacial score (nSPS) is 16.9. The Hall–Kier alpha value is -3.82. The highest BCUT2D eigenvalue weighted by molar-refractivity contribution is 5.83. The number of ether oxygens (including phenoxy) is 3. The van der Waals surface area contributed by atoms with Crippen molar-refractivity contribution in [2.75, 3.05) is 32.6 Å². The van der Waals surface area contributed by atoms with Crippen molar-refractivity contribution in [2.45, 2.75) is 45.3 Å². The summed E-state index contributed by atoms with van der Waals surface area (Å²) < 4.78 is 22.3. The predicted molar refractivity (Wildman–Crippen MR) is 132 cm³/mol. The molecule has 10 nitrogen and oxygen atoms in total. The van der Waals surface area contributed by atoms with Gasteiger partial charge in [0.15, 0.2) is 0 Å². The number of likely N-dealkylation sites (tertiary alicyclic amines) is 1. The fourth-order valence-corrected chi connectivity index (χ4v) is 4.47. The molecule has 0 unspecified atom stereocenters. The molecule has 5 rings (SSSR count). The first-order valence-electron chi connectivity index (χ1n) is 12.2. The molecule has 1 aliphatic heterocycles. The average molecular weight is 494 g/mol. The van der Waals surface area contributed by atoms with E-state index in [9.17, 15) is 4.79 Å². The molecule has 1 aromatic carbocycles. The zero-order valence-electron chi connectivity index (χ0n) is 20.8. The number of nitrogens with one attached hydrogen (secondary N) is 1. The molecule has 1 N–H and O–H groups in total. The van der Waals surface area contributed by atoms with Crippen LogP contribution in [-0.2, 0) is 11.4 Å². The van der Waals surface area contributed by atoms with Crippen LogP contribution >= 0.6 is 0 Å². The number of piperidine rings is 1. The lowest BCUT2D eigenvalue weighted by Crippen LogP contribution is -2.45. The third kappa shape index (κ3) is 5.22. The number of carbonyl (C=O) groups excluding carboxylic acids is 1. The lowest BCUT2D eigenvalue weighted by molar-refractivity contribution is -0.133. The molecule has 2 aromatic heterocycles. The second-order valence-electron chi connectivity index (χ2n) is 9.45. The SMILES string of the molecule is COc1ccc(COc2nc(OC)ccc2-c2nnc(N[C@H](C)C(=O)N3CCC4(CC3)CC4)o2)cc1. The summed E-state index contributed by atoms with van der Waals surface area (Å²) in [7, 11) is 3.16. The van der Waals surface area contributed by atoms with Crippen molar-refractivity contribution in [3.05, 3.63) is 42.0 Å². The number of pyridine rings is 1. The molecule has 2 aliphatic rings. The van der Waals surface area contributed by atoms with Gasteiger partial charge in [0, 0.05) is 19.2 Å². The summed E-state index contributed by atoms with van der Waals surface area (Å²) in [6, 6.07) is 10.7. The standard InChI is InChI=1S/C26H31N5O5/c1-17(24(32)31-14-12-26(10-11-26)13-15-31)27-25-30-29-23(36-25)20-8-9-21(34-3)28-22(20)35-16-18-4-6-19(33-2)7-5-18/h4-9,17H,10-16H2,1-3H3,(H,27,30)/t17-/m1/s1. The molecule has 2 fully saturated rings. The molecule has 1 atom stereocenters. The molecular weight excluding hydrogens is 462 g/mol. The minimum absolute atomic E-state index is 0.0416. The Morgan fingerprint density at radius 1 is 1.06 bits per heavy atom. The summed E-state index contributed by atoms with van der Waals surface area (Å²) in [5, 5.41) is 11.3. The topological polar surface area (TPSA) is 112 Å². The van der Waals surface area contributed by atoms with Gasteiger partial charge in [0.25, 0.3) is 5.89 Å². The van der Waals surface area contributed by atoms with E-state index in [1.165, 1.54) is 20.0 Å². The number of nitrogens with zero attached hydrogens (tertiary/aromatic N) is 4. The van der Waals surface area contributed by atoms with Gasteiger partial charge >= 0.3 is 6.01 Å². The Morgan fingerprint density at radius 2 is 1.81 bits per heavy atom. The van der Waals surface area contributed by atoms with Crippen LogP contribution in [0.2, 0.25) is 0 Å². The fourth-order valence-electron chi connectivity index (χ4n) is 4.47. The van der Waals surface area contributed by atoms with Crippen LogP contribution < -0.4 is 19.5 Å². The average Bonchev–Trinajstić information content (AvgIpc) is 3.51. The van der Waals surface area contributed by atoms with Gasteiger partial charge in [-0.05, 0) is 61.8 Å². The van der Waals surface area contributed by atoms with Gasteiger partial charge in [-0.1, -0.05) is 17.2 Å². The largest absolute Gasteiger partial charge is 0.497 e. The van der Waals surface area contributed by atoms with E-state index in [1.54, 1.807) is 19.2 Å². The second kappa shape index (κ2) is 10.0. The number of hydrogen-bond donors (Lipinski definition) is 1. The number of anilines is 1. The van der Waals surface area contributed by atoms with Crippen molar-refractivity contribution in [1.82, 2.24) is 20.1 Å². The number of methoxy groups -OCH3 is 2. The van der Waals surface area contributed by atoms with Crippen molar-refractivity contribution in [2.24, 2.45) is 5.41 Å². The summed E-state index contributed by atoms with van der Waals surface area (Å²) in [6.45, 7) is 3.71. The number of amides is 1. The van der Waals surface area contributed by atoms with E-state index in [1.807, 2.05) is 36.1 Å². The summed E-state index contributed by atoms with van der Waals surface area (Å²) in [5.74, 6) is 1.73. The monoisotopic (exact) mass is 493 g/mol. The maximum Gasteiger partial charge on any atom is 0.316 e. The lowest BCUT2D eigenvalue weighted by Gasteiger charge is -2.33. The molecule has 1 amide bonds. The van der Waals surface area contributed by atoms with Crippen LogP contribution in [0.3, 0.4) is 0 Å². The summed E-state index contributed by atoms with van der Waals surface area (Å²) in [4.78, 5) is 19.3. The molecule has 3 heterocycles. The van der Waals surface area contributed by atoms with Crippen molar-refractivity contribution in [3.63, 3.8) is 0 Å². The van der Waals surface area contributed by atoms with E-state index < -0.39 is 6.04 Å². The second-order valence-corrected chi connectivity index (χ2v) is 9.45. The third-order valence-corrected chi connectivity index (χ3v) is 7.04. The van der Waals surface area contributed by atoms with E-state index in [4.69, 9.17) is 18.6 Å². The molecule has 0 bridgehead atoms. The molecule has 3 aromatic rings. The molecule has 190 valence electrons. The van der Waals surface area contributed by atoms with E-state index in [-0.39, 0.29) is 24.4 Å². The van der Waals surface area contributed by atoms with Crippen LogP contribution in [0.15, 0.2) is 40.8 Å². The lowest BCUT2D eigenvalue weighted by atomic mass is 9.93. The van der Waals surface area contributed by atoms with E-state index in [0.29, 0.717) is 22.7 Å². The highest BCUT2D eigenvalue weighted by atomic mass is 16.5. The van der Waals surface area contributed by atoms with Gasteiger partial charge in [-0.15, -0.1) is 5.10 Å². The van der Waals surface area contributed by atoms with Crippen LogP contribution in [0.4, 0.5) is 6.01 Å². The molecular formula is C26H31N5O5. The van der Waals surface area contributed by atoms with Gasteiger partial charge in [0.05, 0.1) is 14.2 Å². The third-order valence-electron chi connectivity index (χ3n) is 7.04. The maximum absolute atomic E-state index is 12.9. The zero-order chi connectivity index (χ0) is 25.1. The van der Waals surface area contributed by atoms with E-state index in [2.05, 4.69) is 20.5 Å². The fraction of sp³-hybridized carbons (Fsp3) is 0.462. The smallest absolute Gasteiger partial charge is 0.316 e. The van der Waals surface area contributed by atoms with Crippen LogP contribution in [0.5, 0.6) is 17.5 Å². The van der Waals surface area contributed by atoms with Crippen molar-refractivity contribution in [3.8, 4) is 29.0 Å². The number of benzene rings is 1. The van der Waals surface area contributed by atoms with Gasteiger partial charge in [-0.2, -0.15) is 4.98 Å². The molecule has 36 heavy (non-hydrogen) atoms. The Bertz CT molecular complexity index is 1200. The first kappa shape index (κ1) is 23.9. The van der Waals surface area contributed by atoms with Gasteiger partial charge < -0.3 is 28.8 Å². The van der Waals surface area contributed by atoms with E-state index in [0.717, 1.165) is 37.2 Å². The highest BCUT2D eigenvalue weighted by Crippen LogP contribution is 2.53. The Morgan fingerprint density at radius 3 is 2.47 bits per heavy atom. The number of rotatable bonds is 9. The molecule has 1 spiro atoms. The summed E-state index contributed by atoms with van der Waals surface area (Å²) >= 11 is 0. The van der Waals surface area contributed by atoms with Crippen LogP contribution in [0.1, 0.15) is 38.2 Å². The van der Waals surface area contributed by atoms with Gasteiger partial charge in [-0.25, -0.2) is 0 Å². The zero-order valence-corrected chi connectivity index (χ0v) is 20.8. The molecule has 0 radical (unpaired) electrons. The van der Waals surface area contributed by atoms with E-state index >= 15 is 0 Å². The first-order chi connectivity index (χ1) is 17.5. The Balaban J connectivity index is 1.25. The van der Waals surface area contributed by atoms with Crippen LogP contribution in [0, 0.1) is 5.41 Å². The number of aromatic nitrogens is 3. The molecule has 1 saturated carbocycles. The quantitative estimate of drug-likeness (QED) is 0.474. The van der Waals surface area contributed by atoms with Crippen molar-refractivity contribution >= 4 is 11.9 Å². The Labute approximate surface area is 210 Å². The maximum atomic E-state index is 12.9. The minimum atomic E-state index is -0.480. The van der Waals surface area contributed by atoms with Crippen LogP contribution in [-0.4, -0.2) is 59.3 Å². The minimum Gasteiger partial charge on any atom is -0.497 e. The number of hydrogen-bond acceptors (Lipinski definition) is 9. The molecule has 1 saturated heterocycles. The summed E-state index contributed by atoms with van der Waals surface area (Å²) in [6.07, 6.45) is 4.80. The van der Waals surface area contributed by atoms with Crippen molar-refractivity contribution < 1.29 is 23.4 Å². The van der Waals surface area contributed by atoms with Crippen LogP contribution in [0.25, 0.3) is 11.5 Å². The molecule has 1 aliphatic carbocycles. The summed E-state index contributed by atoms with van der Waals surface area (Å²) in [5.41, 5.74) is 1.99. The van der Waals surface area contributed by atoms with Gasteiger partial charge in [0.2, 0.25) is 17.7 Å². The molecule has 10 heteroatoms. The predicted octanol–water partition coefficient (Wildman–Crippen LogP) is 3.93. The van der Waals surface area contributed by atoms with Gasteiger partial charge in [0.1, 0.15) is 24.0 Å². The van der Waals surface area contributed by atoms with Crippen molar-refractivity contribution in [1.29, 1.82) is 0 Å². The Kier molecular flexibility index (Phi) is 6.67. The first-order valence-corrected chi connectivity index (χ1v) is 12.2. The number of carbonyl (C=O) groups is 1. The van der Waals surface area contributed by atoms with Gasteiger partial charge in [-0.3, -0.25) is 4.79 Å².